The fraction of sp³-hybridized carbons (Fsp3) is 0.100. The van der Waals surface area contributed by atoms with Gasteiger partial charge in [0.25, 0.3) is 0 Å². The zero-order valence-electron chi connectivity index (χ0n) is 8.56. The maximum atomic E-state index is 10.9. The summed E-state index contributed by atoms with van der Waals surface area (Å²) >= 11 is 0. The molecule has 0 saturated carbocycles. The highest BCUT2D eigenvalue weighted by atomic mass is 16.3. The van der Waals surface area contributed by atoms with Crippen LogP contribution in [0.15, 0.2) is 29.2 Å². The van der Waals surface area contributed by atoms with E-state index in [0.717, 1.165) is 5.56 Å². The van der Waals surface area contributed by atoms with Gasteiger partial charge in [-0.05, 0) is 24.6 Å². The van der Waals surface area contributed by atoms with E-state index in [1.54, 1.807) is 18.2 Å². The van der Waals surface area contributed by atoms with Gasteiger partial charge in [0.15, 0.2) is 5.82 Å². The summed E-state index contributed by atoms with van der Waals surface area (Å²) in [6.07, 6.45) is 1.36. The zero-order chi connectivity index (χ0) is 11.5. The van der Waals surface area contributed by atoms with E-state index >= 15 is 0 Å². The second kappa shape index (κ2) is 4.01. The number of phenolic OH excluding ortho intramolecular Hbond substituents is 1. The van der Waals surface area contributed by atoms with E-state index in [2.05, 4.69) is 20.5 Å². The number of aryl methyl sites for hydroxylation is 1. The van der Waals surface area contributed by atoms with Crippen molar-refractivity contribution < 1.29 is 5.11 Å². The molecule has 1 aromatic carbocycles. The van der Waals surface area contributed by atoms with Crippen molar-refractivity contribution in [2.45, 2.75) is 6.92 Å². The number of aromatic nitrogens is 3. The summed E-state index contributed by atoms with van der Waals surface area (Å²) in [7, 11) is 0. The van der Waals surface area contributed by atoms with Crippen molar-refractivity contribution in [2.75, 3.05) is 5.32 Å². The summed E-state index contributed by atoms with van der Waals surface area (Å²) in [5.41, 5.74) is 0.926. The molecule has 1 heterocycles. The Hall–Kier alpha value is -2.37. The minimum absolute atomic E-state index is 0.0904. The number of aromatic hydroxyl groups is 1. The third-order valence-electron chi connectivity index (χ3n) is 1.98. The molecule has 0 saturated heterocycles. The first-order valence-electron chi connectivity index (χ1n) is 4.63. The van der Waals surface area contributed by atoms with Gasteiger partial charge in [-0.1, -0.05) is 6.07 Å². The van der Waals surface area contributed by atoms with Gasteiger partial charge in [-0.3, -0.25) is 0 Å². The van der Waals surface area contributed by atoms with E-state index in [1.165, 1.54) is 6.20 Å². The summed E-state index contributed by atoms with van der Waals surface area (Å²) in [5, 5.41) is 18.1. The number of rotatable bonds is 2. The highest BCUT2D eigenvalue weighted by Gasteiger charge is 2.03. The van der Waals surface area contributed by atoms with E-state index < -0.39 is 5.69 Å². The molecule has 6 heteroatoms. The lowest BCUT2D eigenvalue weighted by Crippen LogP contribution is -2.13. The fourth-order valence-corrected chi connectivity index (χ4v) is 1.26. The van der Waals surface area contributed by atoms with Crippen molar-refractivity contribution in [2.24, 2.45) is 0 Å². The minimum Gasteiger partial charge on any atom is -0.506 e. The van der Waals surface area contributed by atoms with E-state index in [4.69, 9.17) is 0 Å². The average molecular weight is 218 g/mol. The van der Waals surface area contributed by atoms with Crippen LogP contribution in [0.2, 0.25) is 0 Å². The van der Waals surface area contributed by atoms with Crippen LogP contribution in [0, 0.1) is 6.92 Å². The first kappa shape index (κ1) is 10.2. The van der Waals surface area contributed by atoms with E-state index in [0.29, 0.717) is 5.69 Å². The number of hydrogen-bond acceptors (Lipinski definition) is 5. The van der Waals surface area contributed by atoms with Gasteiger partial charge in [0.05, 0.1) is 11.9 Å². The van der Waals surface area contributed by atoms with Crippen LogP contribution >= 0.6 is 0 Å². The van der Waals surface area contributed by atoms with Crippen LogP contribution in [0.3, 0.4) is 0 Å². The SMILES string of the molecule is Cc1ccc(O)c(Nc2cn[nH]c(=O)n2)c1. The molecule has 82 valence electrons. The van der Waals surface area contributed by atoms with E-state index in [9.17, 15) is 9.90 Å². The second-order valence-corrected chi connectivity index (χ2v) is 3.32. The van der Waals surface area contributed by atoms with Gasteiger partial charge in [0.2, 0.25) is 0 Å². The lowest BCUT2D eigenvalue weighted by atomic mass is 10.2. The predicted octanol–water partition coefficient (Wildman–Crippen LogP) is 0.923. The topological polar surface area (TPSA) is 90.9 Å². The summed E-state index contributed by atoms with van der Waals surface area (Å²) in [6.45, 7) is 1.90. The molecule has 0 aliphatic heterocycles. The van der Waals surface area contributed by atoms with Crippen LogP contribution in [0.25, 0.3) is 0 Å². The van der Waals surface area contributed by atoms with Crippen molar-refractivity contribution in [3.8, 4) is 5.75 Å². The lowest BCUT2D eigenvalue weighted by Gasteiger charge is -2.07. The number of H-pyrrole nitrogens is 1. The largest absolute Gasteiger partial charge is 0.506 e. The molecule has 0 fully saturated rings. The van der Waals surface area contributed by atoms with Crippen LogP contribution in [-0.4, -0.2) is 20.3 Å². The van der Waals surface area contributed by atoms with Crippen molar-refractivity contribution in [3.05, 3.63) is 40.4 Å². The summed E-state index contributed by atoms with van der Waals surface area (Å²) < 4.78 is 0. The molecular weight excluding hydrogens is 208 g/mol. The first-order chi connectivity index (χ1) is 7.65. The molecule has 0 radical (unpaired) electrons. The van der Waals surface area contributed by atoms with Gasteiger partial charge < -0.3 is 10.4 Å². The normalized spacial score (nSPS) is 10.1. The number of aromatic amines is 1. The number of nitrogens with zero attached hydrogens (tertiary/aromatic N) is 2. The van der Waals surface area contributed by atoms with Gasteiger partial charge in [0, 0.05) is 0 Å². The minimum atomic E-state index is -0.544. The van der Waals surface area contributed by atoms with Gasteiger partial charge >= 0.3 is 5.69 Å². The third-order valence-corrected chi connectivity index (χ3v) is 1.98. The molecule has 0 bridgehead atoms. The Bertz CT molecular complexity index is 565. The Morgan fingerprint density at radius 3 is 3.00 bits per heavy atom. The Kier molecular flexibility index (Phi) is 2.55. The molecule has 3 N–H and O–H groups in total. The summed E-state index contributed by atoms with van der Waals surface area (Å²) in [6, 6.07) is 5.10. The molecule has 0 spiro atoms. The predicted molar refractivity (Wildman–Crippen MR) is 58.8 cm³/mol. The number of nitrogens with one attached hydrogen (secondary N) is 2. The van der Waals surface area contributed by atoms with Crippen LogP contribution in [0.1, 0.15) is 5.56 Å². The third kappa shape index (κ3) is 2.17. The lowest BCUT2D eigenvalue weighted by molar-refractivity contribution is 0.477. The average Bonchev–Trinajstić information content (AvgIpc) is 2.24. The smallest absolute Gasteiger partial charge is 0.363 e. The molecular formula is C10H10N4O2. The monoisotopic (exact) mass is 218 g/mol. The van der Waals surface area contributed by atoms with Crippen LogP contribution in [0.4, 0.5) is 11.5 Å². The Morgan fingerprint density at radius 2 is 2.25 bits per heavy atom. The van der Waals surface area contributed by atoms with Gasteiger partial charge in [-0.2, -0.15) is 10.1 Å². The fourth-order valence-electron chi connectivity index (χ4n) is 1.26. The highest BCUT2D eigenvalue weighted by molar-refractivity contribution is 5.63. The number of phenols is 1. The second-order valence-electron chi connectivity index (χ2n) is 3.32. The van der Waals surface area contributed by atoms with Crippen LogP contribution < -0.4 is 11.0 Å². The van der Waals surface area contributed by atoms with Crippen molar-refractivity contribution >= 4 is 11.5 Å². The highest BCUT2D eigenvalue weighted by Crippen LogP contribution is 2.25. The molecule has 0 atom stereocenters. The van der Waals surface area contributed by atoms with Gasteiger partial charge in [-0.15, -0.1) is 0 Å². The first-order valence-corrected chi connectivity index (χ1v) is 4.63. The maximum Gasteiger partial charge on any atom is 0.363 e. The molecule has 0 aliphatic rings. The van der Waals surface area contributed by atoms with Crippen LogP contribution in [0.5, 0.6) is 5.75 Å². The molecule has 6 nitrogen and oxygen atoms in total. The Morgan fingerprint density at radius 1 is 1.44 bits per heavy atom. The molecule has 0 aliphatic carbocycles. The van der Waals surface area contributed by atoms with E-state index in [1.807, 2.05) is 6.92 Å². The molecule has 0 amide bonds. The molecule has 0 unspecified atom stereocenters. The summed E-state index contributed by atoms with van der Waals surface area (Å²) in [5.74, 6) is 0.373. The number of benzene rings is 1. The maximum absolute atomic E-state index is 10.9. The van der Waals surface area contributed by atoms with Crippen molar-refractivity contribution in [1.82, 2.24) is 15.2 Å². The number of hydrogen-bond donors (Lipinski definition) is 3. The van der Waals surface area contributed by atoms with Gasteiger partial charge in [0.1, 0.15) is 5.75 Å². The van der Waals surface area contributed by atoms with Crippen LogP contribution in [-0.2, 0) is 0 Å². The van der Waals surface area contributed by atoms with Crippen molar-refractivity contribution in [1.29, 1.82) is 0 Å². The standard InChI is InChI=1S/C10H10N4O2/c1-6-2-3-8(15)7(4-6)12-9-5-11-14-10(16)13-9/h2-5,15H,1H3,(H2,12,13,14,16). The Balaban J connectivity index is 2.33. The molecule has 16 heavy (non-hydrogen) atoms. The quantitative estimate of drug-likeness (QED) is 0.652. The summed E-state index contributed by atoms with van der Waals surface area (Å²) in [4.78, 5) is 14.5. The Labute approximate surface area is 91.0 Å². The number of anilines is 2. The van der Waals surface area contributed by atoms with Crippen molar-refractivity contribution in [3.63, 3.8) is 0 Å². The van der Waals surface area contributed by atoms with Gasteiger partial charge in [-0.25, -0.2) is 9.89 Å². The molecule has 2 rings (SSSR count). The van der Waals surface area contributed by atoms with E-state index in [-0.39, 0.29) is 11.6 Å². The molecule has 1 aromatic heterocycles. The zero-order valence-corrected chi connectivity index (χ0v) is 8.56. The molecule has 2 aromatic rings.